The van der Waals surface area contributed by atoms with E-state index in [-0.39, 0.29) is 10.9 Å². The molecule has 1 N–H and O–H groups in total. The van der Waals surface area contributed by atoms with Crippen molar-refractivity contribution in [1.82, 2.24) is 5.32 Å². The molecule has 3 heteroatoms. The lowest BCUT2D eigenvalue weighted by molar-refractivity contribution is 0.425. The highest BCUT2D eigenvalue weighted by atomic mass is 32.2. The highest BCUT2D eigenvalue weighted by molar-refractivity contribution is 8.31. The molecule has 2 heterocycles. The van der Waals surface area contributed by atoms with Gasteiger partial charge in [-0.25, -0.2) is 0 Å². The van der Waals surface area contributed by atoms with Crippen molar-refractivity contribution in [3.8, 4) is 0 Å². The van der Waals surface area contributed by atoms with Crippen molar-refractivity contribution >= 4 is 16.4 Å². The van der Waals surface area contributed by atoms with Crippen LogP contribution in [0.3, 0.4) is 0 Å². The van der Waals surface area contributed by atoms with Crippen LogP contribution in [-0.2, 0) is 0 Å². The molecular weight excluding hydrogens is 216 g/mol. The normalized spacial score (nSPS) is 33.4. The monoisotopic (exact) mass is 240 g/mol. The minimum atomic E-state index is -0.0619. The van der Waals surface area contributed by atoms with Crippen LogP contribution in [0.1, 0.15) is 27.2 Å². The summed E-state index contributed by atoms with van der Waals surface area (Å²) in [6, 6.07) is 0. The number of hydrogen-bond acceptors (Lipinski definition) is 2. The highest BCUT2D eigenvalue weighted by Crippen LogP contribution is 2.43. The molecule has 0 aromatic rings. The van der Waals surface area contributed by atoms with Gasteiger partial charge in [0.15, 0.2) is 0 Å². The number of nitrogens with zero attached hydrogens (tertiary/aromatic N) is 1. The van der Waals surface area contributed by atoms with Crippen molar-refractivity contribution < 1.29 is 0 Å². The van der Waals surface area contributed by atoms with Gasteiger partial charge in [-0.1, -0.05) is 20.8 Å². The molecule has 0 bridgehead atoms. The second-order valence-corrected chi connectivity index (χ2v) is 7.41. The van der Waals surface area contributed by atoms with Crippen molar-refractivity contribution in [2.45, 2.75) is 27.2 Å². The van der Waals surface area contributed by atoms with Crippen LogP contribution in [0.15, 0.2) is 16.1 Å². The highest BCUT2D eigenvalue weighted by Gasteiger charge is 2.25. The standard InChI is InChI=1S/C13H24N2S/c1-10(2)13-7-15-9-16(13)8-11(3)12-4-5-14-6-12/h7,9-12,14,16H,4-6,8H2,1-3H3. The van der Waals surface area contributed by atoms with Gasteiger partial charge < -0.3 is 5.32 Å². The molecule has 92 valence electrons. The van der Waals surface area contributed by atoms with Gasteiger partial charge in [0, 0.05) is 11.7 Å². The Hall–Kier alpha value is -0.280. The van der Waals surface area contributed by atoms with Crippen molar-refractivity contribution in [3.05, 3.63) is 11.1 Å². The maximum atomic E-state index is 4.37. The fourth-order valence-corrected chi connectivity index (χ4v) is 5.05. The van der Waals surface area contributed by atoms with Crippen LogP contribution < -0.4 is 5.32 Å². The average Bonchev–Trinajstić information content (AvgIpc) is 2.86. The zero-order valence-electron chi connectivity index (χ0n) is 10.6. The van der Waals surface area contributed by atoms with Gasteiger partial charge in [-0.2, -0.15) is 10.9 Å². The Bertz CT molecular complexity index is 290. The minimum absolute atomic E-state index is 0.0619. The summed E-state index contributed by atoms with van der Waals surface area (Å²) in [5.74, 6) is 3.75. The molecule has 2 aliphatic heterocycles. The first-order valence-corrected chi connectivity index (χ1v) is 7.99. The summed E-state index contributed by atoms with van der Waals surface area (Å²) >= 11 is 0. The number of nitrogens with one attached hydrogen (secondary N) is 1. The Morgan fingerprint density at radius 2 is 2.31 bits per heavy atom. The largest absolute Gasteiger partial charge is 0.316 e. The molecule has 3 atom stereocenters. The minimum Gasteiger partial charge on any atom is -0.316 e. The summed E-state index contributed by atoms with van der Waals surface area (Å²) in [6.07, 6.45) is 3.47. The van der Waals surface area contributed by atoms with Crippen LogP contribution in [0.2, 0.25) is 0 Å². The van der Waals surface area contributed by atoms with E-state index in [0.717, 1.165) is 11.8 Å². The van der Waals surface area contributed by atoms with Crippen LogP contribution >= 0.6 is 10.9 Å². The van der Waals surface area contributed by atoms with E-state index >= 15 is 0 Å². The van der Waals surface area contributed by atoms with Gasteiger partial charge in [0.25, 0.3) is 0 Å². The molecule has 1 fully saturated rings. The Kier molecular flexibility index (Phi) is 4.09. The Labute approximate surface area is 102 Å². The number of allylic oxidation sites excluding steroid dienone is 1. The molecule has 3 unspecified atom stereocenters. The third kappa shape index (κ3) is 2.69. The Morgan fingerprint density at radius 3 is 2.94 bits per heavy atom. The maximum Gasteiger partial charge on any atom is 0.0439 e. The molecule has 1 saturated heterocycles. The van der Waals surface area contributed by atoms with Crippen molar-refractivity contribution in [3.63, 3.8) is 0 Å². The van der Waals surface area contributed by atoms with E-state index in [1.165, 1.54) is 25.3 Å². The Morgan fingerprint density at radius 1 is 1.50 bits per heavy atom. The van der Waals surface area contributed by atoms with Gasteiger partial charge in [0.1, 0.15) is 0 Å². The zero-order chi connectivity index (χ0) is 11.5. The van der Waals surface area contributed by atoms with Gasteiger partial charge >= 0.3 is 0 Å². The molecule has 0 radical (unpaired) electrons. The summed E-state index contributed by atoms with van der Waals surface area (Å²) in [7, 11) is -0.0619. The first-order chi connectivity index (χ1) is 7.68. The topological polar surface area (TPSA) is 24.4 Å². The van der Waals surface area contributed by atoms with Crippen LogP contribution in [-0.4, -0.2) is 24.4 Å². The molecule has 0 amide bonds. The predicted molar refractivity (Wildman–Crippen MR) is 75.4 cm³/mol. The molecule has 0 aromatic heterocycles. The zero-order valence-corrected chi connectivity index (χ0v) is 11.5. The summed E-state index contributed by atoms with van der Waals surface area (Å²) in [4.78, 5) is 5.96. The predicted octanol–water partition coefficient (Wildman–Crippen LogP) is 2.77. The SMILES string of the molecule is CC(C)C1=CN=C[SH]1CC(C)C1CCNC1. The Balaban J connectivity index is 1.89. The van der Waals surface area contributed by atoms with E-state index in [2.05, 4.69) is 42.8 Å². The number of thiol groups is 1. The van der Waals surface area contributed by atoms with Crippen molar-refractivity contribution in [1.29, 1.82) is 0 Å². The lowest BCUT2D eigenvalue weighted by atomic mass is 9.95. The fourth-order valence-electron chi connectivity index (χ4n) is 2.59. The summed E-state index contributed by atoms with van der Waals surface area (Å²) < 4.78 is 0. The molecule has 2 rings (SSSR count). The van der Waals surface area contributed by atoms with E-state index in [4.69, 9.17) is 0 Å². The van der Waals surface area contributed by atoms with Crippen LogP contribution in [0.25, 0.3) is 0 Å². The van der Waals surface area contributed by atoms with Crippen LogP contribution in [0.5, 0.6) is 0 Å². The number of rotatable bonds is 4. The molecular formula is C13H24N2S. The lowest BCUT2D eigenvalue weighted by Gasteiger charge is -2.26. The first-order valence-electron chi connectivity index (χ1n) is 6.39. The van der Waals surface area contributed by atoms with Crippen molar-refractivity contribution in [2.75, 3.05) is 18.8 Å². The molecule has 2 nitrogen and oxygen atoms in total. The van der Waals surface area contributed by atoms with Crippen LogP contribution in [0, 0.1) is 17.8 Å². The summed E-state index contributed by atoms with van der Waals surface area (Å²) in [5, 5.41) is 3.47. The third-order valence-electron chi connectivity index (χ3n) is 3.72. The van der Waals surface area contributed by atoms with Crippen molar-refractivity contribution in [2.24, 2.45) is 22.7 Å². The quantitative estimate of drug-likeness (QED) is 0.726. The summed E-state index contributed by atoms with van der Waals surface area (Å²) in [6.45, 7) is 9.44. The first kappa shape index (κ1) is 12.2. The van der Waals surface area contributed by atoms with Crippen LogP contribution in [0.4, 0.5) is 0 Å². The summed E-state index contributed by atoms with van der Waals surface area (Å²) in [5.41, 5.74) is 2.21. The maximum absolute atomic E-state index is 4.37. The fraction of sp³-hybridized carbons (Fsp3) is 0.769. The van der Waals surface area contributed by atoms with E-state index in [1.54, 1.807) is 4.91 Å². The number of hydrogen-bond donors (Lipinski definition) is 2. The van der Waals surface area contributed by atoms with E-state index in [0.29, 0.717) is 5.92 Å². The molecule has 0 aromatic carbocycles. The smallest absolute Gasteiger partial charge is 0.0439 e. The van der Waals surface area contributed by atoms with E-state index in [9.17, 15) is 0 Å². The number of aliphatic imine (C=N–C) groups is 1. The van der Waals surface area contributed by atoms with Gasteiger partial charge in [0.2, 0.25) is 0 Å². The molecule has 0 saturated carbocycles. The van der Waals surface area contributed by atoms with E-state index < -0.39 is 0 Å². The second kappa shape index (κ2) is 5.37. The van der Waals surface area contributed by atoms with Gasteiger partial charge in [-0.3, -0.25) is 4.99 Å². The van der Waals surface area contributed by atoms with Gasteiger partial charge in [-0.15, -0.1) is 0 Å². The average molecular weight is 240 g/mol. The molecule has 0 aliphatic carbocycles. The molecule has 16 heavy (non-hydrogen) atoms. The van der Waals surface area contributed by atoms with E-state index in [1.807, 2.05) is 0 Å². The van der Waals surface area contributed by atoms with Gasteiger partial charge in [0.05, 0.1) is 0 Å². The molecule has 2 aliphatic rings. The van der Waals surface area contributed by atoms with Gasteiger partial charge in [-0.05, 0) is 47.9 Å². The third-order valence-corrected chi connectivity index (χ3v) is 6.40. The molecule has 0 spiro atoms. The lowest BCUT2D eigenvalue weighted by Crippen LogP contribution is -2.19. The second-order valence-electron chi connectivity index (χ2n) is 5.36.